The molecule has 2 aliphatic rings. The number of amides is 1. The molecule has 2 aliphatic heterocycles. The molecule has 2 fully saturated rings. The summed E-state index contributed by atoms with van der Waals surface area (Å²) >= 11 is 0. The second kappa shape index (κ2) is 6.77. The van der Waals surface area contributed by atoms with E-state index in [4.69, 9.17) is 4.74 Å². The molecule has 4 rings (SSSR count). The average molecular weight is 339 g/mol. The number of nitrogens with zero attached hydrogens (tertiary/aromatic N) is 1. The lowest BCUT2D eigenvalue weighted by Gasteiger charge is -2.46. The van der Waals surface area contributed by atoms with Crippen LogP contribution in [-0.2, 0) is 16.0 Å². The van der Waals surface area contributed by atoms with Crippen molar-refractivity contribution < 1.29 is 14.6 Å². The highest BCUT2D eigenvalue weighted by atomic mass is 16.5. The van der Waals surface area contributed by atoms with Crippen LogP contribution in [0.1, 0.15) is 31.2 Å². The number of likely N-dealkylation sites (tertiary alicyclic amines) is 1. The fraction of sp³-hybridized carbons (Fsp3) is 0.476. The number of aliphatic hydroxyl groups excluding tert-OH is 1. The van der Waals surface area contributed by atoms with Crippen molar-refractivity contribution in [1.29, 1.82) is 0 Å². The van der Waals surface area contributed by atoms with E-state index in [1.165, 1.54) is 10.8 Å². The van der Waals surface area contributed by atoms with Crippen LogP contribution < -0.4 is 0 Å². The maximum atomic E-state index is 12.7. The first-order valence-corrected chi connectivity index (χ1v) is 9.24. The summed E-state index contributed by atoms with van der Waals surface area (Å²) in [6, 6.07) is 14.4. The quantitative estimate of drug-likeness (QED) is 0.915. The fourth-order valence-corrected chi connectivity index (χ4v) is 4.16. The highest BCUT2D eigenvalue weighted by Gasteiger charge is 2.44. The van der Waals surface area contributed by atoms with E-state index in [1.807, 2.05) is 23.1 Å². The highest BCUT2D eigenvalue weighted by Crippen LogP contribution is 2.35. The first-order chi connectivity index (χ1) is 12.2. The Morgan fingerprint density at radius 1 is 1.16 bits per heavy atom. The molecule has 1 N–H and O–H groups in total. The van der Waals surface area contributed by atoms with Crippen molar-refractivity contribution in [3.8, 4) is 0 Å². The van der Waals surface area contributed by atoms with Crippen LogP contribution in [-0.4, -0.2) is 47.3 Å². The highest BCUT2D eigenvalue weighted by molar-refractivity contribution is 5.85. The number of aliphatic hydroxyl groups is 1. The second-order valence-electron chi connectivity index (χ2n) is 7.31. The molecule has 2 aromatic rings. The van der Waals surface area contributed by atoms with Gasteiger partial charge in [-0.2, -0.15) is 0 Å². The van der Waals surface area contributed by atoms with Crippen molar-refractivity contribution in [2.75, 3.05) is 19.7 Å². The zero-order chi connectivity index (χ0) is 17.3. The van der Waals surface area contributed by atoms with E-state index < -0.39 is 5.60 Å². The topological polar surface area (TPSA) is 49.8 Å². The molecule has 0 unspecified atom stereocenters. The monoisotopic (exact) mass is 339 g/mol. The largest absolute Gasteiger partial charge is 0.390 e. The number of fused-ring (bicyclic) bond motifs is 1. The minimum atomic E-state index is -0.419. The van der Waals surface area contributed by atoms with Gasteiger partial charge in [-0.15, -0.1) is 0 Å². The summed E-state index contributed by atoms with van der Waals surface area (Å²) in [4.78, 5) is 14.6. The summed E-state index contributed by atoms with van der Waals surface area (Å²) in [5.74, 6) is 0.162. The predicted molar refractivity (Wildman–Crippen MR) is 97.4 cm³/mol. The number of hydrogen-bond donors (Lipinski definition) is 1. The van der Waals surface area contributed by atoms with Gasteiger partial charge in [0.2, 0.25) is 5.91 Å². The zero-order valence-electron chi connectivity index (χ0n) is 14.5. The third-order valence-electron chi connectivity index (χ3n) is 5.75. The summed E-state index contributed by atoms with van der Waals surface area (Å²) in [7, 11) is 0. The van der Waals surface area contributed by atoms with Crippen LogP contribution >= 0.6 is 0 Å². The van der Waals surface area contributed by atoms with Crippen LogP contribution in [0.4, 0.5) is 0 Å². The van der Waals surface area contributed by atoms with Crippen LogP contribution in [0.2, 0.25) is 0 Å². The Bertz CT molecular complexity index is 765. The van der Waals surface area contributed by atoms with Crippen LogP contribution in [0.3, 0.4) is 0 Å². The lowest BCUT2D eigenvalue weighted by atomic mass is 9.82. The minimum Gasteiger partial charge on any atom is -0.390 e. The molecule has 4 nitrogen and oxygen atoms in total. The third-order valence-corrected chi connectivity index (χ3v) is 5.75. The zero-order valence-corrected chi connectivity index (χ0v) is 14.5. The van der Waals surface area contributed by atoms with Crippen LogP contribution in [0.5, 0.6) is 0 Å². The fourth-order valence-electron chi connectivity index (χ4n) is 4.16. The average Bonchev–Trinajstić information content (AvgIpc) is 2.65. The van der Waals surface area contributed by atoms with Crippen molar-refractivity contribution in [2.45, 2.75) is 43.8 Å². The SMILES string of the molecule is O=C(Cc1ccc2ccccc2c1)N1CCC2(CC1)OCCC[C@H]2O. The van der Waals surface area contributed by atoms with Gasteiger partial charge in [-0.3, -0.25) is 4.79 Å². The van der Waals surface area contributed by atoms with Crippen molar-refractivity contribution >= 4 is 16.7 Å². The van der Waals surface area contributed by atoms with Gasteiger partial charge in [-0.05, 0) is 42.0 Å². The summed E-state index contributed by atoms with van der Waals surface area (Å²) in [5.41, 5.74) is 0.635. The van der Waals surface area contributed by atoms with E-state index in [0.717, 1.165) is 37.9 Å². The van der Waals surface area contributed by atoms with Crippen LogP contribution in [0, 0.1) is 0 Å². The number of rotatable bonds is 2. The molecule has 2 aromatic carbocycles. The van der Waals surface area contributed by atoms with Crippen LogP contribution in [0.25, 0.3) is 10.8 Å². The molecule has 25 heavy (non-hydrogen) atoms. The molecule has 132 valence electrons. The molecule has 1 spiro atoms. The summed E-state index contributed by atoms with van der Waals surface area (Å²) in [6.45, 7) is 2.06. The van der Waals surface area contributed by atoms with Gasteiger partial charge in [0.25, 0.3) is 0 Å². The number of piperidine rings is 1. The van der Waals surface area contributed by atoms with Gasteiger partial charge in [0, 0.05) is 19.7 Å². The lowest BCUT2D eigenvalue weighted by molar-refractivity contribution is -0.179. The Morgan fingerprint density at radius 2 is 1.92 bits per heavy atom. The van der Waals surface area contributed by atoms with Gasteiger partial charge in [-0.1, -0.05) is 42.5 Å². The Balaban J connectivity index is 1.40. The lowest BCUT2D eigenvalue weighted by Crippen LogP contribution is -2.56. The number of carbonyl (C=O) groups is 1. The van der Waals surface area contributed by atoms with E-state index in [0.29, 0.717) is 19.5 Å². The first kappa shape index (κ1) is 16.6. The Morgan fingerprint density at radius 3 is 2.68 bits per heavy atom. The van der Waals surface area contributed by atoms with Gasteiger partial charge in [-0.25, -0.2) is 0 Å². The standard InChI is InChI=1S/C21H25NO3/c23-19-6-3-13-25-21(19)9-11-22(12-10-21)20(24)15-16-7-8-17-4-1-2-5-18(17)14-16/h1-2,4-5,7-8,14,19,23H,3,6,9-13,15H2/t19-/m1/s1. The third kappa shape index (κ3) is 3.29. The summed E-state index contributed by atoms with van der Waals surface area (Å²) in [6.07, 6.45) is 3.24. The Kier molecular flexibility index (Phi) is 4.48. The van der Waals surface area contributed by atoms with E-state index in [1.54, 1.807) is 0 Å². The van der Waals surface area contributed by atoms with Crippen molar-refractivity contribution in [3.63, 3.8) is 0 Å². The molecule has 0 radical (unpaired) electrons. The predicted octanol–water partition coefficient (Wildman–Crippen LogP) is 2.91. The van der Waals surface area contributed by atoms with Crippen molar-refractivity contribution in [1.82, 2.24) is 4.90 Å². The number of hydrogen-bond acceptors (Lipinski definition) is 3. The van der Waals surface area contributed by atoms with E-state index in [2.05, 4.69) is 24.3 Å². The van der Waals surface area contributed by atoms with Crippen LogP contribution in [0.15, 0.2) is 42.5 Å². The molecular weight excluding hydrogens is 314 g/mol. The minimum absolute atomic E-state index is 0.162. The van der Waals surface area contributed by atoms with Gasteiger partial charge < -0.3 is 14.7 Å². The molecule has 0 bridgehead atoms. The Hall–Kier alpha value is -1.91. The van der Waals surface area contributed by atoms with Gasteiger partial charge >= 0.3 is 0 Å². The van der Waals surface area contributed by atoms with E-state index >= 15 is 0 Å². The maximum absolute atomic E-state index is 12.7. The first-order valence-electron chi connectivity index (χ1n) is 9.24. The van der Waals surface area contributed by atoms with Gasteiger partial charge in [0.1, 0.15) is 0 Å². The Labute approximate surface area is 148 Å². The molecule has 2 saturated heterocycles. The van der Waals surface area contributed by atoms with E-state index in [9.17, 15) is 9.90 Å². The molecular formula is C21H25NO3. The maximum Gasteiger partial charge on any atom is 0.226 e. The molecule has 1 atom stereocenters. The van der Waals surface area contributed by atoms with E-state index in [-0.39, 0.29) is 12.0 Å². The molecule has 0 saturated carbocycles. The number of ether oxygens (including phenoxy) is 1. The molecule has 4 heteroatoms. The molecule has 0 aliphatic carbocycles. The van der Waals surface area contributed by atoms with Crippen molar-refractivity contribution in [3.05, 3.63) is 48.0 Å². The van der Waals surface area contributed by atoms with Gasteiger partial charge in [0.05, 0.1) is 18.1 Å². The number of carbonyl (C=O) groups excluding carboxylic acids is 1. The smallest absolute Gasteiger partial charge is 0.226 e. The molecule has 0 aromatic heterocycles. The van der Waals surface area contributed by atoms with Gasteiger partial charge in [0.15, 0.2) is 0 Å². The van der Waals surface area contributed by atoms with Crippen molar-refractivity contribution in [2.24, 2.45) is 0 Å². The summed E-state index contributed by atoms with van der Waals surface area (Å²) < 4.78 is 5.93. The molecule has 1 amide bonds. The molecule has 2 heterocycles. The normalized spacial score (nSPS) is 23.1. The summed E-state index contributed by atoms with van der Waals surface area (Å²) in [5, 5.41) is 12.7. The number of benzene rings is 2. The second-order valence-corrected chi connectivity index (χ2v) is 7.31.